The van der Waals surface area contributed by atoms with E-state index < -0.39 is 29.4 Å². The first-order valence-corrected chi connectivity index (χ1v) is 15.0. The maximum Gasteiger partial charge on any atom is 0.249 e. The number of aryl methyl sites for hydroxylation is 1. The third-order valence-electron chi connectivity index (χ3n) is 7.90. The summed E-state index contributed by atoms with van der Waals surface area (Å²) in [6.07, 6.45) is 3.14. The lowest BCUT2D eigenvalue weighted by Crippen LogP contribution is -2.48. The molecule has 0 saturated carbocycles. The number of nitrogens with one attached hydrogen (secondary N) is 1. The molecule has 10 heteroatoms. The molecule has 1 aliphatic carbocycles. The van der Waals surface area contributed by atoms with Crippen LogP contribution in [0.4, 0.5) is 4.39 Å². The van der Waals surface area contributed by atoms with Crippen LogP contribution in [0.1, 0.15) is 56.2 Å². The highest BCUT2D eigenvalue weighted by molar-refractivity contribution is 6.03. The van der Waals surface area contributed by atoms with Gasteiger partial charge in [-0.2, -0.15) is 0 Å². The van der Waals surface area contributed by atoms with Gasteiger partial charge in [-0.05, 0) is 80.0 Å². The van der Waals surface area contributed by atoms with Crippen LogP contribution in [0.25, 0.3) is 0 Å². The number of hydrogen-bond acceptors (Lipinski definition) is 6. The molecule has 1 unspecified atom stereocenters. The normalized spacial score (nSPS) is 17.6. The summed E-state index contributed by atoms with van der Waals surface area (Å²) in [5.74, 6) is -1.28. The first-order chi connectivity index (χ1) is 20.9. The molecule has 9 nitrogen and oxygen atoms in total. The van der Waals surface area contributed by atoms with Gasteiger partial charge >= 0.3 is 0 Å². The van der Waals surface area contributed by atoms with Gasteiger partial charge < -0.3 is 31.5 Å². The number of aliphatic hydroxyl groups excluding tert-OH is 1. The summed E-state index contributed by atoms with van der Waals surface area (Å²) in [6, 6.07) is 11.0. The van der Waals surface area contributed by atoms with Crippen molar-refractivity contribution < 1.29 is 28.6 Å². The number of aliphatic hydroxyl groups is 1. The van der Waals surface area contributed by atoms with Crippen LogP contribution in [-0.2, 0) is 27.3 Å². The number of nitrogens with zero attached hydrogens (tertiary/aromatic N) is 1. The van der Waals surface area contributed by atoms with Crippen molar-refractivity contribution in [2.75, 3.05) is 20.2 Å². The van der Waals surface area contributed by atoms with Crippen LogP contribution in [0.2, 0.25) is 0 Å². The fraction of sp³-hybridized carbons (Fsp3) is 0.441. The number of halogens is 1. The van der Waals surface area contributed by atoms with Crippen LogP contribution < -0.4 is 21.5 Å². The van der Waals surface area contributed by atoms with E-state index in [0.29, 0.717) is 24.4 Å². The lowest BCUT2D eigenvalue weighted by atomic mass is 9.70. The second-order valence-electron chi connectivity index (χ2n) is 11.5. The molecule has 0 aliphatic heterocycles. The zero-order valence-corrected chi connectivity index (χ0v) is 26.1. The van der Waals surface area contributed by atoms with Gasteiger partial charge in [-0.1, -0.05) is 44.2 Å². The lowest BCUT2D eigenvalue weighted by molar-refractivity contribution is -0.131. The fourth-order valence-electron chi connectivity index (χ4n) is 5.58. The average molecular weight is 609 g/mol. The molecule has 0 spiro atoms. The van der Waals surface area contributed by atoms with E-state index in [9.17, 15) is 23.9 Å². The Morgan fingerprint density at radius 1 is 1.11 bits per heavy atom. The number of rotatable bonds is 15. The van der Waals surface area contributed by atoms with Gasteiger partial charge in [-0.3, -0.25) is 14.4 Å². The van der Waals surface area contributed by atoms with Crippen molar-refractivity contribution in [2.45, 2.75) is 71.6 Å². The van der Waals surface area contributed by atoms with Crippen LogP contribution in [0.15, 0.2) is 65.8 Å². The smallest absolute Gasteiger partial charge is 0.249 e. The Balaban J connectivity index is 1.98. The molecule has 3 atom stereocenters. The highest BCUT2D eigenvalue weighted by atomic mass is 19.1. The number of carbonyl (C=O) groups excluding carboxylic acids is 3. The van der Waals surface area contributed by atoms with Crippen LogP contribution in [0.5, 0.6) is 5.75 Å². The Kier molecular flexibility index (Phi) is 12.2. The molecule has 0 fully saturated rings. The largest absolute Gasteiger partial charge is 0.497 e. The van der Waals surface area contributed by atoms with E-state index in [1.807, 2.05) is 19.9 Å². The van der Waals surface area contributed by atoms with Crippen molar-refractivity contribution >= 4 is 17.7 Å². The van der Waals surface area contributed by atoms with E-state index >= 15 is 0 Å². The first kappa shape index (κ1) is 34.5. The summed E-state index contributed by atoms with van der Waals surface area (Å²) >= 11 is 0. The van der Waals surface area contributed by atoms with E-state index in [-0.39, 0.29) is 48.7 Å². The Bertz CT molecular complexity index is 1400. The van der Waals surface area contributed by atoms with Gasteiger partial charge in [-0.15, -0.1) is 0 Å². The third-order valence-corrected chi connectivity index (χ3v) is 7.90. The molecule has 2 aromatic carbocycles. The number of ether oxygens (including phenoxy) is 1. The van der Waals surface area contributed by atoms with Crippen molar-refractivity contribution in [1.82, 2.24) is 10.2 Å². The molecule has 0 heterocycles. The predicted octanol–water partition coefficient (Wildman–Crippen LogP) is 3.46. The molecular weight excluding hydrogens is 563 g/mol. The van der Waals surface area contributed by atoms with Crippen LogP contribution in [0, 0.1) is 18.2 Å². The minimum Gasteiger partial charge on any atom is -0.497 e. The van der Waals surface area contributed by atoms with E-state index in [1.54, 1.807) is 49.3 Å². The molecule has 3 rings (SSSR count). The summed E-state index contributed by atoms with van der Waals surface area (Å²) in [4.78, 5) is 42.1. The number of amides is 3. The van der Waals surface area contributed by atoms with E-state index in [4.69, 9.17) is 16.2 Å². The third kappa shape index (κ3) is 8.76. The van der Waals surface area contributed by atoms with Crippen molar-refractivity contribution in [2.24, 2.45) is 16.9 Å². The first-order valence-electron chi connectivity index (χ1n) is 15.0. The van der Waals surface area contributed by atoms with Gasteiger partial charge in [0.15, 0.2) is 0 Å². The molecule has 6 N–H and O–H groups in total. The molecule has 0 bridgehead atoms. The van der Waals surface area contributed by atoms with Gasteiger partial charge in [0.05, 0.1) is 18.6 Å². The number of hydrogen-bond donors (Lipinski definition) is 4. The second kappa shape index (κ2) is 15.6. The van der Waals surface area contributed by atoms with Crippen molar-refractivity contribution in [3.05, 3.63) is 88.3 Å². The molecule has 44 heavy (non-hydrogen) atoms. The van der Waals surface area contributed by atoms with Gasteiger partial charge in [0.1, 0.15) is 11.6 Å². The minimum absolute atomic E-state index is 0.0130. The van der Waals surface area contributed by atoms with Crippen LogP contribution in [0.3, 0.4) is 0 Å². The SMILES string of the molecule is CCCN(CCC)C(=O)C1=CC(C(N)=O)=CC(C[C@@H](O)[C@@H](N)Cc2ccc(F)c(C)c2)(C(=O)NCc2cccc(OC)c2)C1. The van der Waals surface area contributed by atoms with Gasteiger partial charge in [0, 0.05) is 36.8 Å². The molecule has 1 aliphatic rings. The monoisotopic (exact) mass is 608 g/mol. The predicted molar refractivity (Wildman–Crippen MR) is 168 cm³/mol. The van der Waals surface area contributed by atoms with Crippen LogP contribution in [-0.4, -0.2) is 60.1 Å². The number of carbonyl (C=O) groups is 3. The second-order valence-corrected chi connectivity index (χ2v) is 11.5. The van der Waals surface area contributed by atoms with Crippen molar-refractivity contribution in [3.63, 3.8) is 0 Å². The molecule has 238 valence electrons. The number of methoxy groups -OCH3 is 1. The maximum atomic E-state index is 14.1. The van der Waals surface area contributed by atoms with Gasteiger partial charge in [0.2, 0.25) is 17.7 Å². The standard InChI is InChI=1S/C34H45FN4O5/c1-5-12-39(13-6-2)32(42)26-17-25(31(37)41)18-34(19-26,33(43)38-21-24-8-7-9-27(15-24)44-4)20-30(40)29(36)16-23-10-11-28(35)22(3)14-23/h7-11,14-15,17-18,29-30,40H,5-6,12-13,16,19-21,36H2,1-4H3,(H2,37,41)(H,38,43)/t29-,30+,34?/m0/s1. The summed E-state index contributed by atoms with van der Waals surface area (Å²) in [5, 5.41) is 14.3. The minimum atomic E-state index is -1.51. The summed E-state index contributed by atoms with van der Waals surface area (Å²) < 4.78 is 19.1. The van der Waals surface area contributed by atoms with E-state index in [2.05, 4.69) is 5.32 Å². The van der Waals surface area contributed by atoms with Crippen molar-refractivity contribution in [1.29, 1.82) is 0 Å². The zero-order chi connectivity index (χ0) is 32.4. The highest BCUT2D eigenvalue weighted by Crippen LogP contribution is 2.40. The number of benzene rings is 2. The average Bonchev–Trinajstić information content (AvgIpc) is 3.00. The zero-order valence-electron chi connectivity index (χ0n) is 26.1. The van der Waals surface area contributed by atoms with E-state index in [0.717, 1.165) is 24.0 Å². The topological polar surface area (TPSA) is 148 Å². The fourth-order valence-corrected chi connectivity index (χ4v) is 5.58. The lowest BCUT2D eigenvalue weighted by Gasteiger charge is -2.37. The van der Waals surface area contributed by atoms with Crippen molar-refractivity contribution in [3.8, 4) is 5.75 Å². The highest BCUT2D eigenvalue weighted by Gasteiger charge is 2.44. The number of nitrogens with two attached hydrogens (primary N) is 2. The van der Waals surface area contributed by atoms with Gasteiger partial charge in [0.25, 0.3) is 0 Å². The molecular formula is C34H45FN4O5. The molecule has 0 saturated heterocycles. The van der Waals surface area contributed by atoms with Crippen LogP contribution >= 0.6 is 0 Å². The Morgan fingerprint density at radius 3 is 2.43 bits per heavy atom. The molecule has 3 amide bonds. The quantitative estimate of drug-likeness (QED) is 0.244. The Labute approximate surface area is 259 Å². The Morgan fingerprint density at radius 2 is 1.82 bits per heavy atom. The Hall–Kier alpha value is -4.02. The number of primary amides is 1. The molecule has 0 aromatic heterocycles. The van der Waals surface area contributed by atoms with Gasteiger partial charge in [-0.25, -0.2) is 4.39 Å². The van der Waals surface area contributed by atoms with E-state index in [1.165, 1.54) is 18.2 Å². The summed E-state index contributed by atoms with van der Waals surface area (Å²) in [6.45, 7) is 6.75. The summed E-state index contributed by atoms with van der Waals surface area (Å²) in [5.41, 5.74) is 12.9. The maximum absolute atomic E-state index is 14.1. The summed E-state index contributed by atoms with van der Waals surface area (Å²) in [7, 11) is 1.55. The molecule has 0 radical (unpaired) electrons. The molecule has 2 aromatic rings.